The molecule has 2 fully saturated rings. The van der Waals surface area contributed by atoms with Crippen LogP contribution in [0.3, 0.4) is 0 Å². The summed E-state index contributed by atoms with van der Waals surface area (Å²) in [4.78, 5) is 14.5. The maximum absolute atomic E-state index is 12.5. The van der Waals surface area contributed by atoms with Crippen LogP contribution >= 0.6 is 24.0 Å². The molecule has 2 N–H and O–H groups in total. The molecule has 5 nitrogen and oxygen atoms in total. The number of nitrogens with zero attached hydrogens (tertiary/aromatic N) is 2. The van der Waals surface area contributed by atoms with Gasteiger partial charge in [0, 0.05) is 12.1 Å². The lowest BCUT2D eigenvalue weighted by Gasteiger charge is -2.40. The summed E-state index contributed by atoms with van der Waals surface area (Å²) in [5, 5.41) is 14.5. The Morgan fingerprint density at radius 1 is 1.48 bits per heavy atom. The number of nitrogens with one attached hydrogen (secondary N) is 1. The average Bonchev–Trinajstić information content (AvgIpc) is 2.75. The topological polar surface area (TPSA) is 55.8 Å². The van der Waals surface area contributed by atoms with Gasteiger partial charge in [0.05, 0.1) is 4.75 Å². The second-order valence-electron chi connectivity index (χ2n) is 7.14. The average molecular weight is 360 g/mol. The van der Waals surface area contributed by atoms with Crippen molar-refractivity contribution in [3.63, 3.8) is 0 Å². The Bertz CT molecular complexity index is 453. The van der Waals surface area contributed by atoms with Gasteiger partial charge in [-0.05, 0) is 40.0 Å². The Labute approximate surface area is 149 Å². The molecule has 0 unspecified atom stereocenters. The van der Waals surface area contributed by atoms with Crippen molar-refractivity contribution in [1.29, 1.82) is 0 Å². The molecular weight excluding hydrogens is 330 g/mol. The number of amides is 2. The summed E-state index contributed by atoms with van der Waals surface area (Å²) in [5.41, 5.74) is 0. The van der Waals surface area contributed by atoms with Gasteiger partial charge in [0.2, 0.25) is 0 Å². The van der Waals surface area contributed by atoms with Crippen LogP contribution in [0, 0.1) is 0 Å². The van der Waals surface area contributed by atoms with Gasteiger partial charge in [-0.2, -0.15) is 5.06 Å². The second-order valence-corrected chi connectivity index (χ2v) is 9.43. The van der Waals surface area contributed by atoms with E-state index >= 15 is 0 Å². The lowest BCUT2D eigenvalue weighted by Crippen LogP contribution is -2.59. The van der Waals surface area contributed by atoms with Gasteiger partial charge in [-0.15, -0.1) is 0 Å². The predicted molar refractivity (Wildman–Crippen MR) is 98.7 cm³/mol. The van der Waals surface area contributed by atoms with Crippen molar-refractivity contribution in [3.8, 4) is 0 Å². The van der Waals surface area contributed by atoms with Crippen LogP contribution in [-0.4, -0.2) is 48.5 Å². The highest BCUT2D eigenvalue weighted by molar-refractivity contribution is 8.24. The highest BCUT2D eigenvalue weighted by Crippen LogP contribution is 2.43. The predicted octanol–water partition coefficient (Wildman–Crippen LogP) is 3.96. The molecule has 132 valence electrons. The quantitative estimate of drug-likeness (QED) is 0.452. The third-order valence-electron chi connectivity index (χ3n) is 4.88. The molecule has 0 aromatic carbocycles. The number of carbonyl (C=O) groups is 1. The molecule has 2 rings (SSSR count). The fourth-order valence-corrected chi connectivity index (χ4v) is 5.47. The Morgan fingerprint density at radius 2 is 2.09 bits per heavy atom. The number of urea groups is 1. The molecule has 0 bridgehead atoms. The van der Waals surface area contributed by atoms with Gasteiger partial charge in [0.15, 0.2) is 0 Å². The van der Waals surface area contributed by atoms with Gasteiger partial charge < -0.3 is 10.2 Å². The van der Waals surface area contributed by atoms with Crippen LogP contribution in [0.5, 0.6) is 0 Å². The van der Waals surface area contributed by atoms with E-state index in [2.05, 4.69) is 19.2 Å². The SMILES string of the molecule is CC[C@H](C)N1C(=S)SC(C)(C)[C@@H]1N(O)C(=O)NC1CCCCC1. The van der Waals surface area contributed by atoms with Crippen LogP contribution in [0.4, 0.5) is 4.79 Å². The second kappa shape index (κ2) is 7.57. The van der Waals surface area contributed by atoms with E-state index in [1.165, 1.54) is 6.42 Å². The molecule has 1 saturated carbocycles. The molecular formula is C16H29N3O2S2. The van der Waals surface area contributed by atoms with Crippen molar-refractivity contribution in [2.24, 2.45) is 0 Å². The lowest BCUT2D eigenvalue weighted by molar-refractivity contribution is -0.125. The zero-order valence-corrected chi connectivity index (χ0v) is 16.2. The summed E-state index contributed by atoms with van der Waals surface area (Å²) in [5.74, 6) is 0. The maximum Gasteiger partial charge on any atom is 0.343 e. The van der Waals surface area contributed by atoms with Crippen LogP contribution < -0.4 is 5.32 Å². The first kappa shape index (κ1) is 18.8. The first-order chi connectivity index (χ1) is 10.8. The van der Waals surface area contributed by atoms with Crippen LogP contribution in [0.15, 0.2) is 0 Å². The smallest absolute Gasteiger partial charge is 0.333 e. The van der Waals surface area contributed by atoms with Gasteiger partial charge in [-0.25, -0.2) is 4.79 Å². The van der Waals surface area contributed by atoms with Gasteiger partial charge in [-0.1, -0.05) is 50.2 Å². The Morgan fingerprint density at radius 3 is 2.65 bits per heavy atom. The van der Waals surface area contributed by atoms with Crippen molar-refractivity contribution >= 4 is 34.3 Å². The molecule has 1 saturated heterocycles. The van der Waals surface area contributed by atoms with Crippen LogP contribution in [-0.2, 0) is 0 Å². The molecule has 1 aliphatic heterocycles. The van der Waals surface area contributed by atoms with E-state index < -0.39 is 12.2 Å². The molecule has 0 aromatic heterocycles. The van der Waals surface area contributed by atoms with Crippen molar-refractivity contribution in [3.05, 3.63) is 0 Å². The van der Waals surface area contributed by atoms with E-state index in [0.29, 0.717) is 0 Å². The number of rotatable bonds is 4. The fourth-order valence-electron chi connectivity index (χ4n) is 3.39. The standard InChI is InChI=1S/C16H29N3O2S2/c1-5-11(2)18-13(16(3,4)23-15(18)22)19(21)14(20)17-12-9-7-6-8-10-12/h11-13,21H,5-10H2,1-4H3,(H,17,20)/t11-,13-/m0/s1. The summed E-state index contributed by atoms with van der Waals surface area (Å²) in [6.07, 6.45) is 5.97. The van der Waals surface area contributed by atoms with E-state index in [1.54, 1.807) is 11.8 Å². The molecule has 2 amide bonds. The van der Waals surface area contributed by atoms with Gasteiger partial charge in [0.25, 0.3) is 0 Å². The Kier molecular flexibility index (Phi) is 6.19. The maximum atomic E-state index is 12.5. The Balaban J connectivity index is 2.11. The molecule has 0 spiro atoms. The van der Waals surface area contributed by atoms with Crippen molar-refractivity contribution in [2.45, 2.75) is 89.2 Å². The van der Waals surface area contributed by atoms with Crippen LogP contribution in [0.1, 0.15) is 66.2 Å². The molecule has 2 atom stereocenters. The first-order valence-electron chi connectivity index (χ1n) is 8.57. The highest BCUT2D eigenvalue weighted by atomic mass is 32.2. The molecule has 1 aliphatic carbocycles. The van der Waals surface area contributed by atoms with Crippen molar-refractivity contribution in [1.82, 2.24) is 15.3 Å². The van der Waals surface area contributed by atoms with Gasteiger partial charge in [0.1, 0.15) is 10.5 Å². The monoisotopic (exact) mass is 359 g/mol. The minimum Gasteiger partial charge on any atom is -0.333 e. The van der Waals surface area contributed by atoms with E-state index in [1.807, 2.05) is 18.7 Å². The van der Waals surface area contributed by atoms with E-state index in [9.17, 15) is 10.0 Å². The minimum absolute atomic E-state index is 0.173. The fraction of sp³-hybridized carbons (Fsp3) is 0.875. The zero-order valence-electron chi connectivity index (χ0n) is 14.5. The number of hydrogen-bond acceptors (Lipinski definition) is 4. The number of hydroxylamine groups is 2. The third kappa shape index (κ3) is 4.12. The summed E-state index contributed by atoms with van der Waals surface area (Å²) in [6.45, 7) is 8.21. The number of thiocarbonyl (C=S) groups is 1. The van der Waals surface area contributed by atoms with E-state index in [-0.39, 0.29) is 16.8 Å². The summed E-state index contributed by atoms with van der Waals surface area (Å²) in [7, 11) is 0. The summed E-state index contributed by atoms with van der Waals surface area (Å²) in [6, 6.07) is -0.0560. The summed E-state index contributed by atoms with van der Waals surface area (Å²) >= 11 is 7.05. The number of hydrogen-bond donors (Lipinski definition) is 2. The van der Waals surface area contributed by atoms with Crippen molar-refractivity contribution < 1.29 is 10.0 Å². The van der Waals surface area contributed by atoms with Gasteiger partial charge >= 0.3 is 6.03 Å². The van der Waals surface area contributed by atoms with E-state index in [4.69, 9.17) is 12.2 Å². The van der Waals surface area contributed by atoms with Crippen LogP contribution in [0.2, 0.25) is 0 Å². The minimum atomic E-state index is -0.446. The highest BCUT2D eigenvalue weighted by Gasteiger charge is 2.50. The van der Waals surface area contributed by atoms with Crippen molar-refractivity contribution in [2.75, 3.05) is 0 Å². The zero-order chi connectivity index (χ0) is 17.2. The third-order valence-corrected chi connectivity index (χ3v) is 6.47. The molecule has 23 heavy (non-hydrogen) atoms. The Hall–Kier alpha value is -0.530. The molecule has 0 radical (unpaired) electrons. The molecule has 7 heteroatoms. The molecule has 0 aromatic rings. The largest absolute Gasteiger partial charge is 0.343 e. The normalized spacial score (nSPS) is 26.2. The first-order valence-corrected chi connectivity index (χ1v) is 9.80. The molecule has 1 heterocycles. The van der Waals surface area contributed by atoms with Gasteiger partial charge in [-0.3, -0.25) is 5.21 Å². The van der Waals surface area contributed by atoms with Crippen LogP contribution in [0.25, 0.3) is 0 Å². The number of thioether (sulfide) groups is 1. The number of carbonyl (C=O) groups excluding carboxylic acids is 1. The van der Waals surface area contributed by atoms with E-state index in [0.717, 1.165) is 41.5 Å². The summed E-state index contributed by atoms with van der Waals surface area (Å²) < 4.78 is 0.401. The lowest BCUT2D eigenvalue weighted by atomic mass is 9.96. The molecule has 2 aliphatic rings.